The Labute approximate surface area is 137 Å². The molecule has 2 rings (SSSR count). The Kier molecular flexibility index (Phi) is 6.09. The van der Waals surface area contributed by atoms with E-state index in [4.69, 9.17) is 0 Å². The number of carbonyl (C=O) groups excluding carboxylic acids is 1. The number of anilines is 2. The summed E-state index contributed by atoms with van der Waals surface area (Å²) in [5.41, 5.74) is 3.30. The molecule has 1 amide bonds. The summed E-state index contributed by atoms with van der Waals surface area (Å²) < 4.78 is 0. The summed E-state index contributed by atoms with van der Waals surface area (Å²) in [6.07, 6.45) is 6.58. The van der Waals surface area contributed by atoms with Crippen molar-refractivity contribution in [2.24, 2.45) is 0 Å². The molecule has 1 aromatic carbocycles. The Morgan fingerprint density at radius 1 is 1.13 bits per heavy atom. The van der Waals surface area contributed by atoms with Crippen molar-refractivity contribution in [2.75, 3.05) is 17.2 Å². The summed E-state index contributed by atoms with van der Waals surface area (Å²) in [7, 11) is 0. The van der Waals surface area contributed by atoms with Crippen LogP contribution in [0.5, 0.6) is 0 Å². The molecule has 0 atom stereocenters. The van der Waals surface area contributed by atoms with Gasteiger partial charge in [-0.05, 0) is 31.9 Å². The van der Waals surface area contributed by atoms with Crippen molar-refractivity contribution >= 4 is 17.4 Å². The van der Waals surface area contributed by atoms with E-state index in [1.165, 1.54) is 24.6 Å². The molecule has 0 aliphatic carbocycles. The summed E-state index contributed by atoms with van der Waals surface area (Å²) >= 11 is 0. The standard InChI is InChI=1S/C18H24N4O/c1-4-5-6-9-19-17-12-20-16(11-21-17)18(23)22-15-8-7-13(2)10-14(15)3/h7-8,10-12H,4-6,9H2,1-3H3,(H,19,21)(H,22,23). The van der Waals surface area contributed by atoms with Gasteiger partial charge in [-0.3, -0.25) is 4.79 Å². The highest BCUT2D eigenvalue weighted by Gasteiger charge is 2.10. The highest BCUT2D eigenvalue weighted by molar-refractivity contribution is 6.03. The molecule has 5 nitrogen and oxygen atoms in total. The number of hydrogen-bond donors (Lipinski definition) is 2. The van der Waals surface area contributed by atoms with Crippen LogP contribution in [0, 0.1) is 13.8 Å². The Morgan fingerprint density at radius 3 is 2.61 bits per heavy atom. The molecule has 23 heavy (non-hydrogen) atoms. The topological polar surface area (TPSA) is 66.9 Å². The number of aromatic nitrogens is 2. The van der Waals surface area contributed by atoms with Gasteiger partial charge in [0.15, 0.2) is 0 Å². The second kappa shape index (κ2) is 8.27. The van der Waals surface area contributed by atoms with Gasteiger partial charge >= 0.3 is 0 Å². The minimum Gasteiger partial charge on any atom is -0.369 e. The number of rotatable bonds is 7. The van der Waals surface area contributed by atoms with Crippen molar-refractivity contribution in [1.29, 1.82) is 0 Å². The third-order valence-electron chi connectivity index (χ3n) is 3.60. The molecule has 0 bridgehead atoms. The molecule has 0 spiro atoms. The van der Waals surface area contributed by atoms with Crippen molar-refractivity contribution in [1.82, 2.24) is 9.97 Å². The molecule has 122 valence electrons. The number of unbranched alkanes of at least 4 members (excludes halogenated alkanes) is 2. The molecule has 0 unspecified atom stereocenters. The van der Waals surface area contributed by atoms with Crippen LogP contribution in [0.1, 0.15) is 47.8 Å². The van der Waals surface area contributed by atoms with Crippen LogP contribution >= 0.6 is 0 Å². The number of amides is 1. The van der Waals surface area contributed by atoms with Crippen LogP contribution in [0.25, 0.3) is 0 Å². The van der Waals surface area contributed by atoms with E-state index in [0.29, 0.717) is 11.5 Å². The first-order valence-corrected chi connectivity index (χ1v) is 8.04. The normalized spacial score (nSPS) is 10.4. The third kappa shape index (κ3) is 5.06. The Bertz CT molecular complexity index is 653. The van der Waals surface area contributed by atoms with Crippen LogP contribution in [-0.2, 0) is 0 Å². The maximum Gasteiger partial charge on any atom is 0.275 e. The monoisotopic (exact) mass is 312 g/mol. The van der Waals surface area contributed by atoms with Gasteiger partial charge in [-0.2, -0.15) is 0 Å². The zero-order valence-electron chi connectivity index (χ0n) is 14.0. The van der Waals surface area contributed by atoms with Crippen LogP contribution in [0.4, 0.5) is 11.5 Å². The highest BCUT2D eigenvalue weighted by atomic mass is 16.1. The maximum atomic E-state index is 12.2. The average molecular weight is 312 g/mol. The molecular weight excluding hydrogens is 288 g/mol. The van der Waals surface area contributed by atoms with Gasteiger partial charge in [0.2, 0.25) is 0 Å². The van der Waals surface area contributed by atoms with Gasteiger partial charge in [-0.1, -0.05) is 37.5 Å². The first-order chi connectivity index (χ1) is 11.1. The van der Waals surface area contributed by atoms with Crippen LogP contribution < -0.4 is 10.6 Å². The lowest BCUT2D eigenvalue weighted by atomic mass is 10.1. The molecule has 5 heteroatoms. The molecule has 0 fully saturated rings. The van der Waals surface area contributed by atoms with Gasteiger partial charge < -0.3 is 10.6 Å². The van der Waals surface area contributed by atoms with Gasteiger partial charge in [-0.25, -0.2) is 9.97 Å². The zero-order valence-corrected chi connectivity index (χ0v) is 14.0. The maximum absolute atomic E-state index is 12.2. The Hall–Kier alpha value is -2.43. The quantitative estimate of drug-likeness (QED) is 0.760. The zero-order chi connectivity index (χ0) is 16.7. The fourth-order valence-electron chi connectivity index (χ4n) is 2.27. The van der Waals surface area contributed by atoms with Crippen molar-refractivity contribution < 1.29 is 4.79 Å². The number of hydrogen-bond acceptors (Lipinski definition) is 4. The molecule has 2 aromatic rings. The lowest BCUT2D eigenvalue weighted by Crippen LogP contribution is -2.15. The van der Waals surface area contributed by atoms with Gasteiger partial charge in [0.1, 0.15) is 11.5 Å². The third-order valence-corrected chi connectivity index (χ3v) is 3.60. The highest BCUT2D eigenvalue weighted by Crippen LogP contribution is 2.16. The summed E-state index contributed by atoms with van der Waals surface area (Å²) in [4.78, 5) is 20.7. The van der Waals surface area contributed by atoms with E-state index in [0.717, 1.165) is 24.2 Å². The summed E-state index contributed by atoms with van der Waals surface area (Å²) in [5, 5.41) is 6.08. The Balaban J connectivity index is 1.94. The lowest BCUT2D eigenvalue weighted by molar-refractivity contribution is 0.102. The fraction of sp³-hybridized carbons (Fsp3) is 0.389. The van der Waals surface area contributed by atoms with Crippen LogP contribution in [-0.4, -0.2) is 22.4 Å². The van der Waals surface area contributed by atoms with Gasteiger partial charge in [0.25, 0.3) is 5.91 Å². The van der Waals surface area contributed by atoms with E-state index in [2.05, 4.69) is 27.5 Å². The molecule has 0 saturated carbocycles. The minimum absolute atomic E-state index is 0.248. The summed E-state index contributed by atoms with van der Waals surface area (Å²) in [6.45, 7) is 7.04. The van der Waals surface area contributed by atoms with Crippen molar-refractivity contribution in [3.63, 3.8) is 0 Å². The van der Waals surface area contributed by atoms with E-state index in [1.807, 2.05) is 32.0 Å². The largest absolute Gasteiger partial charge is 0.369 e. The molecular formula is C18H24N4O. The second-order valence-corrected chi connectivity index (χ2v) is 5.69. The molecule has 0 saturated heterocycles. The number of nitrogens with zero attached hydrogens (tertiary/aromatic N) is 2. The van der Waals surface area contributed by atoms with E-state index in [9.17, 15) is 4.79 Å². The lowest BCUT2D eigenvalue weighted by Gasteiger charge is -2.09. The van der Waals surface area contributed by atoms with Crippen molar-refractivity contribution in [3.05, 3.63) is 47.4 Å². The van der Waals surface area contributed by atoms with Crippen LogP contribution in [0.3, 0.4) is 0 Å². The van der Waals surface area contributed by atoms with Gasteiger partial charge in [0, 0.05) is 12.2 Å². The molecule has 0 radical (unpaired) electrons. The first kappa shape index (κ1) is 16.9. The first-order valence-electron chi connectivity index (χ1n) is 8.04. The number of nitrogens with one attached hydrogen (secondary N) is 2. The number of aryl methyl sites for hydroxylation is 2. The van der Waals surface area contributed by atoms with Crippen molar-refractivity contribution in [3.8, 4) is 0 Å². The predicted molar refractivity (Wildman–Crippen MR) is 93.9 cm³/mol. The van der Waals surface area contributed by atoms with E-state index in [1.54, 1.807) is 6.20 Å². The average Bonchev–Trinajstić information content (AvgIpc) is 2.55. The van der Waals surface area contributed by atoms with E-state index in [-0.39, 0.29) is 5.91 Å². The Morgan fingerprint density at radius 2 is 1.96 bits per heavy atom. The number of carbonyl (C=O) groups is 1. The van der Waals surface area contributed by atoms with Gasteiger partial charge in [0.05, 0.1) is 12.4 Å². The molecule has 2 N–H and O–H groups in total. The summed E-state index contributed by atoms with van der Waals surface area (Å²) in [6, 6.07) is 5.90. The molecule has 1 aromatic heterocycles. The fourth-order valence-corrected chi connectivity index (χ4v) is 2.27. The van der Waals surface area contributed by atoms with Gasteiger partial charge in [-0.15, -0.1) is 0 Å². The van der Waals surface area contributed by atoms with Crippen molar-refractivity contribution in [2.45, 2.75) is 40.0 Å². The molecule has 1 heterocycles. The second-order valence-electron chi connectivity index (χ2n) is 5.69. The van der Waals surface area contributed by atoms with Crippen LogP contribution in [0.2, 0.25) is 0 Å². The van der Waals surface area contributed by atoms with E-state index < -0.39 is 0 Å². The minimum atomic E-state index is -0.248. The number of benzene rings is 1. The predicted octanol–water partition coefficient (Wildman–Crippen LogP) is 3.95. The smallest absolute Gasteiger partial charge is 0.275 e. The SMILES string of the molecule is CCCCCNc1cnc(C(=O)Nc2ccc(C)cc2C)cn1. The van der Waals surface area contributed by atoms with Crippen LogP contribution in [0.15, 0.2) is 30.6 Å². The summed E-state index contributed by atoms with van der Waals surface area (Å²) in [5.74, 6) is 0.450. The molecule has 0 aliphatic heterocycles. The van der Waals surface area contributed by atoms with E-state index >= 15 is 0 Å². The molecule has 0 aliphatic rings.